The molecule has 0 heterocycles. The molecule has 4 aromatic carbocycles. The van der Waals surface area contributed by atoms with Crippen molar-refractivity contribution < 1.29 is 19.1 Å². The summed E-state index contributed by atoms with van der Waals surface area (Å²) in [5.74, 6) is 0.625. The molecule has 0 saturated carbocycles. The van der Waals surface area contributed by atoms with E-state index in [1.165, 1.54) is 18.9 Å². The number of aryl methyl sites for hydroxylation is 1. The predicted octanol–water partition coefficient (Wildman–Crippen LogP) is 6.74. The largest absolute Gasteiger partial charge is 0.493 e. The molecule has 6 nitrogen and oxygen atoms in total. The van der Waals surface area contributed by atoms with Crippen molar-refractivity contribution >= 4 is 35.0 Å². The summed E-state index contributed by atoms with van der Waals surface area (Å²) >= 11 is 1.42. The molecule has 0 aromatic heterocycles. The number of rotatable bonds is 9. The Balaban J connectivity index is 1.53. The summed E-state index contributed by atoms with van der Waals surface area (Å²) in [6, 6.07) is 29.8. The number of carbonyl (C=O) groups excluding carboxylic acids is 2. The number of ether oxygens (including phenoxy) is 2. The summed E-state index contributed by atoms with van der Waals surface area (Å²) in [6.45, 7) is 1.99. The first-order valence-electron chi connectivity index (χ1n) is 11.7. The second kappa shape index (κ2) is 12.1. The van der Waals surface area contributed by atoms with Gasteiger partial charge in [0.05, 0.1) is 14.2 Å². The van der Waals surface area contributed by atoms with Gasteiger partial charge in [-0.3, -0.25) is 9.59 Å². The lowest BCUT2D eigenvalue weighted by molar-refractivity contribution is -0.115. The Kier molecular flexibility index (Phi) is 8.48. The van der Waals surface area contributed by atoms with Crippen LogP contribution in [0, 0.1) is 6.92 Å². The lowest BCUT2D eigenvalue weighted by Gasteiger charge is -2.18. The van der Waals surface area contributed by atoms with Crippen molar-refractivity contribution in [2.75, 3.05) is 24.9 Å². The maximum absolute atomic E-state index is 13.4. The number of nitrogens with one attached hydrogen (secondary N) is 2. The number of carbonyl (C=O) groups is 2. The lowest BCUT2D eigenvalue weighted by atomic mass is 10.1. The molecule has 0 radical (unpaired) electrons. The van der Waals surface area contributed by atoms with Crippen LogP contribution in [0.25, 0.3) is 0 Å². The molecule has 0 aliphatic heterocycles. The highest BCUT2D eigenvalue weighted by atomic mass is 32.2. The maximum Gasteiger partial charge on any atom is 0.255 e. The summed E-state index contributed by atoms with van der Waals surface area (Å²) in [6.07, 6.45) is 0. The Morgan fingerprint density at radius 3 is 2.14 bits per heavy atom. The van der Waals surface area contributed by atoms with E-state index >= 15 is 0 Å². The Bertz CT molecular complexity index is 1390. The molecule has 0 aliphatic carbocycles. The van der Waals surface area contributed by atoms with Crippen LogP contribution >= 0.6 is 11.8 Å². The van der Waals surface area contributed by atoms with E-state index in [2.05, 4.69) is 10.6 Å². The van der Waals surface area contributed by atoms with Crippen LogP contribution in [-0.2, 0) is 4.79 Å². The molecule has 37 heavy (non-hydrogen) atoms. The molecule has 7 heteroatoms. The molecular formula is C30H28N2O4S. The summed E-state index contributed by atoms with van der Waals surface area (Å²) in [4.78, 5) is 27.1. The van der Waals surface area contributed by atoms with Gasteiger partial charge in [-0.25, -0.2) is 0 Å². The second-order valence-corrected chi connectivity index (χ2v) is 9.50. The fourth-order valence-corrected chi connectivity index (χ4v) is 4.88. The zero-order valence-electron chi connectivity index (χ0n) is 20.9. The molecule has 1 unspecified atom stereocenters. The first-order valence-corrected chi connectivity index (χ1v) is 12.6. The van der Waals surface area contributed by atoms with Crippen molar-refractivity contribution in [1.82, 2.24) is 0 Å². The molecule has 0 aliphatic rings. The van der Waals surface area contributed by atoms with Crippen LogP contribution in [0.5, 0.6) is 11.5 Å². The van der Waals surface area contributed by atoms with E-state index in [1.807, 2.05) is 85.8 Å². The number of hydrogen-bond acceptors (Lipinski definition) is 5. The van der Waals surface area contributed by atoms with Gasteiger partial charge >= 0.3 is 0 Å². The Labute approximate surface area is 221 Å². The zero-order valence-corrected chi connectivity index (χ0v) is 21.7. The van der Waals surface area contributed by atoms with Crippen molar-refractivity contribution in [3.63, 3.8) is 0 Å². The van der Waals surface area contributed by atoms with Gasteiger partial charge in [0.1, 0.15) is 5.25 Å². The highest BCUT2D eigenvalue weighted by Crippen LogP contribution is 2.37. The van der Waals surface area contributed by atoms with Crippen LogP contribution in [-0.4, -0.2) is 26.0 Å². The Hall–Kier alpha value is -4.23. The highest BCUT2D eigenvalue weighted by molar-refractivity contribution is 8.00. The molecule has 0 fully saturated rings. The van der Waals surface area contributed by atoms with Crippen LogP contribution < -0.4 is 20.1 Å². The number of benzene rings is 4. The predicted molar refractivity (Wildman–Crippen MR) is 149 cm³/mol. The smallest absolute Gasteiger partial charge is 0.255 e. The van der Waals surface area contributed by atoms with Crippen molar-refractivity contribution in [3.05, 3.63) is 114 Å². The van der Waals surface area contributed by atoms with Crippen molar-refractivity contribution in [3.8, 4) is 11.5 Å². The number of anilines is 2. The average Bonchev–Trinajstić information content (AvgIpc) is 2.92. The fourth-order valence-electron chi connectivity index (χ4n) is 3.80. The van der Waals surface area contributed by atoms with E-state index in [9.17, 15) is 9.59 Å². The zero-order chi connectivity index (χ0) is 26.2. The van der Waals surface area contributed by atoms with E-state index in [1.54, 1.807) is 25.3 Å². The molecular weight excluding hydrogens is 484 g/mol. The van der Waals surface area contributed by atoms with Gasteiger partial charge in [0.25, 0.3) is 5.91 Å². The van der Waals surface area contributed by atoms with Crippen molar-refractivity contribution in [2.24, 2.45) is 0 Å². The third kappa shape index (κ3) is 6.71. The van der Waals surface area contributed by atoms with E-state index in [0.717, 1.165) is 21.7 Å². The minimum Gasteiger partial charge on any atom is -0.493 e. The first-order chi connectivity index (χ1) is 18.0. The van der Waals surface area contributed by atoms with Gasteiger partial charge in [0.15, 0.2) is 11.5 Å². The van der Waals surface area contributed by atoms with Crippen molar-refractivity contribution in [2.45, 2.75) is 17.1 Å². The molecule has 2 N–H and O–H groups in total. The molecule has 0 saturated heterocycles. The third-order valence-electron chi connectivity index (χ3n) is 5.62. The van der Waals surface area contributed by atoms with E-state index in [0.29, 0.717) is 22.7 Å². The van der Waals surface area contributed by atoms with E-state index in [-0.39, 0.29) is 11.8 Å². The number of thioether (sulfide) groups is 1. The minimum atomic E-state index is -0.487. The van der Waals surface area contributed by atoms with Crippen LogP contribution in [0.2, 0.25) is 0 Å². The van der Waals surface area contributed by atoms with Crippen LogP contribution in [0.1, 0.15) is 26.7 Å². The van der Waals surface area contributed by atoms with Gasteiger partial charge in [0, 0.05) is 21.8 Å². The molecule has 0 spiro atoms. The monoisotopic (exact) mass is 512 g/mol. The molecule has 188 valence electrons. The van der Waals surface area contributed by atoms with Crippen LogP contribution in [0.3, 0.4) is 0 Å². The Morgan fingerprint density at radius 2 is 1.43 bits per heavy atom. The lowest BCUT2D eigenvalue weighted by Crippen LogP contribution is -2.19. The minimum absolute atomic E-state index is 0.124. The maximum atomic E-state index is 13.4. The SMILES string of the molecule is COc1ccc(C(=O)Nc2cccc(SC(C(=O)Nc3cccc(C)c3)c3ccccc3)c2)cc1OC. The van der Waals surface area contributed by atoms with Gasteiger partial charge in [0.2, 0.25) is 5.91 Å². The standard InChI is InChI=1S/C30H28N2O4S/c1-20-9-7-12-23(17-20)32-30(34)28(21-10-5-4-6-11-21)37-25-14-8-13-24(19-25)31-29(33)22-15-16-26(35-2)27(18-22)36-3/h4-19,28H,1-3H3,(H,31,33)(H,32,34). The number of methoxy groups -OCH3 is 2. The quantitative estimate of drug-likeness (QED) is 0.243. The second-order valence-electron chi connectivity index (χ2n) is 8.32. The normalized spacial score (nSPS) is 11.3. The van der Waals surface area contributed by atoms with Crippen molar-refractivity contribution in [1.29, 1.82) is 0 Å². The number of amides is 2. The van der Waals surface area contributed by atoms with E-state index < -0.39 is 5.25 Å². The molecule has 0 bridgehead atoms. The van der Waals surface area contributed by atoms with Crippen LogP contribution in [0.15, 0.2) is 102 Å². The molecule has 2 amide bonds. The van der Waals surface area contributed by atoms with Crippen LogP contribution in [0.4, 0.5) is 11.4 Å². The van der Waals surface area contributed by atoms with E-state index in [4.69, 9.17) is 9.47 Å². The summed E-state index contributed by atoms with van der Waals surface area (Å²) < 4.78 is 10.6. The highest BCUT2D eigenvalue weighted by Gasteiger charge is 2.22. The van der Waals surface area contributed by atoms with Gasteiger partial charge < -0.3 is 20.1 Å². The number of hydrogen-bond donors (Lipinski definition) is 2. The van der Waals surface area contributed by atoms with Gasteiger partial charge in [-0.1, -0.05) is 48.5 Å². The third-order valence-corrected chi connectivity index (χ3v) is 6.87. The van der Waals surface area contributed by atoms with Gasteiger partial charge in [-0.05, 0) is 66.6 Å². The molecule has 4 rings (SSSR count). The first kappa shape index (κ1) is 25.9. The van der Waals surface area contributed by atoms with Gasteiger partial charge in [-0.2, -0.15) is 0 Å². The molecule has 4 aromatic rings. The average molecular weight is 513 g/mol. The Morgan fingerprint density at radius 1 is 0.730 bits per heavy atom. The summed E-state index contributed by atoms with van der Waals surface area (Å²) in [5, 5.41) is 5.48. The fraction of sp³-hybridized carbons (Fsp3) is 0.133. The van der Waals surface area contributed by atoms with Gasteiger partial charge in [-0.15, -0.1) is 11.8 Å². The summed E-state index contributed by atoms with van der Waals surface area (Å²) in [7, 11) is 3.07. The topological polar surface area (TPSA) is 76.7 Å². The molecule has 1 atom stereocenters. The summed E-state index contributed by atoms with van der Waals surface area (Å²) in [5.41, 5.74) is 3.77.